The first kappa shape index (κ1) is 22.9. The highest BCUT2D eigenvalue weighted by atomic mass is 35.5. The van der Waals surface area contributed by atoms with Crippen molar-refractivity contribution in [2.75, 3.05) is 18.0 Å². The van der Waals surface area contributed by atoms with Crippen molar-refractivity contribution in [3.05, 3.63) is 82.6 Å². The van der Waals surface area contributed by atoms with Gasteiger partial charge in [-0.05, 0) is 55.4 Å². The quantitative estimate of drug-likeness (QED) is 0.317. The smallest absolute Gasteiger partial charge is 0.165 e. The minimum Gasteiger partial charge on any atom is -0.356 e. The van der Waals surface area contributed by atoms with E-state index in [1.165, 1.54) is 18.4 Å². The molecule has 2 aromatic carbocycles. The zero-order valence-corrected chi connectivity index (χ0v) is 21.3. The predicted octanol–water partition coefficient (Wildman–Crippen LogP) is 7.11. The van der Waals surface area contributed by atoms with Gasteiger partial charge in [-0.15, -0.1) is 0 Å². The molecule has 2 aromatic heterocycles. The van der Waals surface area contributed by atoms with Crippen LogP contribution >= 0.6 is 11.6 Å². The van der Waals surface area contributed by atoms with Crippen LogP contribution in [0.2, 0.25) is 5.02 Å². The van der Waals surface area contributed by atoms with Crippen LogP contribution in [-0.4, -0.2) is 27.7 Å². The van der Waals surface area contributed by atoms with Gasteiger partial charge in [0.1, 0.15) is 5.82 Å². The summed E-state index contributed by atoms with van der Waals surface area (Å²) in [5.74, 6) is 1.87. The van der Waals surface area contributed by atoms with E-state index in [0.29, 0.717) is 0 Å². The van der Waals surface area contributed by atoms with E-state index in [9.17, 15) is 0 Å². The van der Waals surface area contributed by atoms with Crippen LogP contribution in [0.4, 0.5) is 5.82 Å². The number of halogens is 1. The average molecular weight is 473 g/mol. The molecule has 0 N–H and O–H groups in total. The molecule has 0 saturated carbocycles. The van der Waals surface area contributed by atoms with Crippen LogP contribution in [0.3, 0.4) is 0 Å². The second-order valence-corrected chi connectivity index (χ2v) is 11.0. The fourth-order valence-corrected chi connectivity index (χ4v) is 5.11. The molecule has 176 valence electrons. The van der Waals surface area contributed by atoms with Gasteiger partial charge in [-0.1, -0.05) is 74.8 Å². The van der Waals surface area contributed by atoms with Crippen LogP contribution < -0.4 is 4.90 Å². The summed E-state index contributed by atoms with van der Waals surface area (Å²) in [6.45, 7) is 10.8. The number of hydrogen-bond acceptors (Lipinski definition) is 3. The number of aromatic nitrogens is 3. The summed E-state index contributed by atoms with van der Waals surface area (Å²) in [6.07, 6.45) is 3.54. The molecule has 1 fully saturated rings. The number of aryl methyl sites for hydroxylation is 1. The van der Waals surface area contributed by atoms with Gasteiger partial charge in [0.25, 0.3) is 0 Å². The lowest BCUT2D eigenvalue weighted by Gasteiger charge is -2.34. The zero-order chi connectivity index (χ0) is 23.9. The molecule has 4 nitrogen and oxygen atoms in total. The van der Waals surface area contributed by atoms with E-state index in [-0.39, 0.29) is 5.41 Å². The second-order valence-electron chi connectivity index (χ2n) is 10.6. The van der Waals surface area contributed by atoms with E-state index in [4.69, 9.17) is 21.7 Å². The van der Waals surface area contributed by atoms with E-state index < -0.39 is 0 Å². The highest BCUT2D eigenvalue weighted by Crippen LogP contribution is 2.35. The molecule has 0 spiro atoms. The highest BCUT2D eigenvalue weighted by Gasteiger charge is 2.27. The second kappa shape index (κ2) is 9.07. The van der Waals surface area contributed by atoms with Crippen LogP contribution in [0.5, 0.6) is 0 Å². The Balaban J connectivity index is 1.51. The Morgan fingerprint density at radius 2 is 1.65 bits per heavy atom. The molecule has 5 rings (SSSR count). The van der Waals surface area contributed by atoms with Gasteiger partial charge in [-0.25, -0.2) is 4.98 Å². The molecular weight excluding hydrogens is 440 g/mol. The Labute approximate surface area is 207 Å². The number of piperidine rings is 1. The van der Waals surface area contributed by atoms with Gasteiger partial charge in [0.2, 0.25) is 0 Å². The number of anilines is 1. The van der Waals surface area contributed by atoms with Gasteiger partial charge >= 0.3 is 0 Å². The van der Waals surface area contributed by atoms with Crippen LogP contribution in [0.25, 0.3) is 16.8 Å². The van der Waals surface area contributed by atoms with Gasteiger partial charge in [0.15, 0.2) is 5.65 Å². The van der Waals surface area contributed by atoms with Crippen molar-refractivity contribution in [1.82, 2.24) is 14.6 Å². The summed E-state index contributed by atoms with van der Waals surface area (Å²) in [4.78, 5) is 7.64. The molecule has 1 aliphatic rings. The zero-order valence-electron chi connectivity index (χ0n) is 20.6. The van der Waals surface area contributed by atoms with Crippen molar-refractivity contribution >= 4 is 23.1 Å². The van der Waals surface area contributed by atoms with Crippen molar-refractivity contribution in [3.8, 4) is 11.1 Å². The molecule has 3 heterocycles. The molecule has 0 radical (unpaired) electrons. The molecule has 34 heavy (non-hydrogen) atoms. The molecule has 1 aliphatic heterocycles. The molecule has 0 aliphatic carbocycles. The standard InChI is InChI=1S/C29H33ClN4/c1-20-27(23-10-12-24(30)13-11-23)28-31-25(29(2,3)4)19-26(34(28)32-20)33-16-14-22(15-17-33)18-21-8-6-5-7-9-21/h5-13,19,22H,14-18H2,1-4H3. The first-order chi connectivity index (χ1) is 16.3. The van der Waals surface area contributed by atoms with Crippen LogP contribution in [0, 0.1) is 12.8 Å². The van der Waals surface area contributed by atoms with Crippen LogP contribution in [0.15, 0.2) is 60.7 Å². The van der Waals surface area contributed by atoms with Gasteiger partial charge < -0.3 is 4.90 Å². The number of rotatable bonds is 4. The fourth-order valence-electron chi connectivity index (χ4n) is 4.99. The lowest BCUT2D eigenvalue weighted by Crippen LogP contribution is -2.36. The molecule has 0 unspecified atom stereocenters. The summed E-state index contributed by atoms with van der Waals surface area (Å²) in [6, 6.07) is 21.1. The summed E-state index contributed by atoms with van der Waals surface area (Å²) < 4.78 is 2.06. The van der Waals surface area contributed by atoms with E-state index in [1.54, 1.807) is 0 Å². The molecule has 0 atom stereocenters. The SMILES string of the molecule is Cc1nn2c(N3CCC(Cc4ccccc4)CC3)cc(C(C)(C)C)nc2c1-c1ccc(Cl)cc1. The van der Waals surface area contributed by atoms with Crippen molar-refractivity contribution in [2.24, 2.45) is 5.92 Å². The molecular formula is C29H33ClN4. The lowest BCUT2D eigenvalue weighted by molar-refractivity contribution is 0.400. The third-order valence-electron chi connectivity index (χ3n) is 6.95. The first-order valence-corrected chi connectivity index (χ1v) is 12.6. The third kappa shape index (κ3) is 4.56. The molecule has 0 amide bonds. The summed E-state index contributed by atoms with van der Waals surface area (Å²) >= 11 is 6.16. The Bertz CT molecular complexity index is 1280. The van der Waals surface area contributed by atoms with Crippen LogP contribution in [0.1, 0.15) is 50.6 Å². The van der Waals surface area contributed by atoms with E-state index in [1.807, 2.05) is 12.1 Å². The van der Waals surface area contributed by atoms with Crippen molar-refractivity contribution < 1.29 is 0 Å². The predicted molar refractivity (Wildman–Crippen MR) is 142 cm³/mol. The summed E-state index contributed by atoms with van der Waals surface area (Å²) in [7, 11) is 0. The maximum absolute atomic E-state index is 6.16. The van der Waals surface area contributed by atoms with Gasteiger partial charge in [-0.3, -0.25) is 0 Å². The van der Waals surface area contributed by atoms with Crippen molar-refractivity contribution in [2.45, 2.75) is 52.4 Å². The van der Waals surface area contributed by atoms with E-state index in [0.717, 1.165) is 64.4 Å². The minimum atomic E-state index is -0.0580. The largest absolute Gasteiger partial charge is 0.356 e. The first-order valence-electron chi connectivity index (χ1n) is 12.3. The van der Waals surface area contributed by atoms with E-state index in [2.05, 4.69) is 85.6 Å². The average Bonchev–Trinajstić information content (AvgIpc) is 3.15. The molecule has 5 heteroatoms. The van der Waals surface area contributed by atoms with Gasteiger partial charge in [0.05, 0.1) is 11.4 Å². The molecule has 1 saturated heterocycles. The van der Waals surface area contributed by atoms with Gasteiger partial charge in [-0.2, -0.15) is 9.61 Å². The maximum Gasteiger partial charge on any atom is 0.165 e. The maximum atomic E-state index is 6.16. The van der Waals surface area contributed by atoms with Gasteiger partial charge in [0, 0.05) is 35.2 Å². The fraction of sp³-hybridized carbons (Fsp3) is 0.379. The Kier molecular flexibility index (Phi) is 6.11. The molecule has 0 bridgehead atoms. The van der Waals surface area contributed by atoms with Crippen molar-refractivity contribution in [3.63, 3.8) is 0 Å². The molecule has 4 aromatic rings. The van der Waals surface area contributed by atoms with E-state index >= 15 is 0 Å². The number of fused-ring (bicyclic) bond motifs is 1. The van der Waals surface area contributed by atoms with Crippen LogP contribution in [-0.2, 0) is 11.8 Å². The third-order valence-corrected chi connectivity index (χ3v) is 7.20. The number of nitrogens with zero attached hydrogens (tertiary/aromatic N) is 4. The van der Waals surface area contributed by atoms with Crippen molar-refractivity contribution in [1.29, 1.82) is 0 Å². The Morgan fingerprint density at radius 3 is 2.29 bits per heavy atom. The topological polar surface area (TPSA) is 33.4 Å². The Morgan fingerprint density at radius 1 is 0.971 bits per heavy atom. The lowest BCUT2D eigenvalue weighted by atomic mass is 9.89. The monoisotopic (exact) mass is 472 g/mol. The summed E-state index contributed by atoms with van der Waals surface area (Å²) in [5, 5.41) is 5.71. The number of hydrogen-bond donors (Lipinski definition) is 0. The summed E-state index contributed by atoms with van der Waals surface area (Å²) in [5.41, 5.74) is 6.58. The minimum absolute atomic E-state index is 0.0580. The highest BCUT2D eigenvalue weighted by molar-refractivity contribution is 6.30. The normalized spacial score (nSPS) is 15.3. The number of benzene rings is 2. The Hall–Kier alpha value is -2.85.